The number of carbonyl (C=O) groups excluding carboxylic acids is 1. The number of rotatable bonds is 3. The Bertz CT molecular complexity index is 1070. The number of likely N-dealkylation sites (tertiary alicyclic amines) is 1. The molecular weight excluding hydrogens is 451 g/mol. The number of carbonyl (C=O) groups is 1. The summed E-state index contributed by atoms with van der Waals surface area (Å²) in [6.07, 6.45) is 8.99. The quantitative estimate of drug-likeness (QED) is 0.642. The number of hydrogen-bond donors (Lipinski definition) is 1. The van der Waals surface area contributed by atoms with Gasteiger partial charge in [0.1, 0.15) is 5.82 Å². The molecule has 0 bridgehead atoms. The lowest BCUT2D eigenvalue weighted by molar-refractivity contribution is -0.143. The molecule has 2 aromatic carbocycles. The fourth-order valence-electron chi connectivity index (χ4n) is 7.80. The predicted octanol–water partition coefficient (Wildman–Crippen LogP) is 5.21. The van der Waals surface area contributed by atoms with Crippen molar-refractivity contribution in [3.63, 3.8) is 0 Å². The van der Waals surface area contributed by atoms with Crippen LogP contribution in [0.3, 0.4) is 0 Å². The van der Waals surface area contributed by atoms with E-state index < -0.39 is 5.41 Å². The third kappa shape index (κ3) is 4.28. The van der Waals surface area contributed by atoms with Gasteiger partial charge < -0.3 is 15.0 Å². The predicted molar refractivity (Wildman–Crippen MR) is 139 cm³/mol. The summed E-state index contributed by atoms with van der Waals surface area (Å²) in [6, 6.07) is 16.5. The summed E-state index contributed by atoms with van der Waals surface area (Å²) in [5, 5.41) is 3.48. The molecule has 4 unspecified atom stereocenters. The lowest BCUT2D eigenvalue weighted by atomic mass is 9.69. The number of benzene rings is 2. The number of nitrogens with one attached hydrogen (secondary N) is 1. The van der Waals surface area contributed by atoms with E-state index in [4.69, 9.17) is 4.74 Å². The molecule has 4 atom stereocenters. The SMILES string of the molecule is O=C(C1CNCC12COCCc1cccc(F)c12)N1CCC(c2ccccc2)CC1C1CCCCC1. The second-order valence-electron chi connectivity index (χ2n) is 11.5. The van der Waals surface area contributed by atoms with Gasteiger partial charge in [0.15, 0.2) is 0 Å². The van der Waals surface area contributed by atoms with E-state index in [-0.39, 0.29) is 23.7 Å². The van der Waals surface area contributed by atoms with Crippen LogP contribution < -0.4 is 5.32 Å². The highest BCUT2D eigenvalue weighted by atomic mass is 19.1. The van der Waals surface area contributed by atoms with Crippen LogP contribution in [-0.4, -0.2) is 49.7 Å². The molecule has 192 valence electrons. The van der Waals surface area contributed by atoms with Gasteiger partial charge in [-0.25, -0.2) is 4.39 Å². The van der Waals surface area contributed by atoms with Crippen molar-refractivity contribution < 1.29 is 13.9 Å². The van der Waals surface area contributed by atoms with Crippen molar-refractivity contribution in [1.29, 1.82) is 0 Å². The van der Waals surface area contributed by atoms with Crippen molar-refractivity contribution in [3.8, 4) is 0 Å². The largest absolute Gasteiger partial charge is 0.380 e. The summed E-state index contributed by atoms with van der Waals surface area (Å²) < 4.78 is 21.5. The van der Waals surface area contributed by atoms with E-state index >= 15 is 4.39 Å². The summed E-state index contributed by atoms with van der Waals surface area (Å²) in [4.78, 5) is 16.7. The Morgan fingerprint density at radius 3 is 2.69 bits per heavy atom. The van der Waals surface area contributed by atoms with E-state index in [0.29, 0.717) is 44.6 Å². The molecule has 1 spiro atoms. The van der Waals surface area contributed by atoms with Crippen molar-refractivity contribution in [2.75, 3.05) is 32.8 Å². The Morgan fingerprint density at radius 1 is 1.03 bits per heavy atom. The molecule has 0 aromatic heterocycles. The summed E-state index contributed by atoms with van der Waals surface area (Å²) >= 11 is 0. The van der Waals surface area contributed by atoms with E-state index in [1.54, 1.807) is 12.1 Å². The Labute approximate surface area is 214 Å². The summed E-state index contributed by atoms with van der Waals surface area (Å²) in [5.74, 6) is 0.782. The van der Waals surface area contributed by atoms with Gasteiger partial charge in [-0.2, -0.15) is 0 Å². The summed E-state index contributed by atoms with van der Waals surface area (Å²) in [5.41, 5.74) is 2.49. The molecule has 1 saturated carbocycles. The second kappa shape index (κ2) is 10.3. The minimum atomic E-state index is -0.637. The van der Waals surface area contributed by atoms with Crippen LogP contribution in [0.25, 0.3) is 0 Å². The molecule has 1 aliphatic carbocycles. The number of amides is 1. The number of piperidine rings is 1. The molecule has 3 fully saturated rings. The van der Waals surface area contributed by atoms with Crippen LogP contribution in [0.4, 0.5) is 4.39 Å². The molecular formula is C31H39FN2O2. The summed E-state index contributed by atoms with van der Waals surface area (Å²) in [7, 11) is 0. The highest BCUT2D eigenvalue weighted by Gasteiger charge is 2.53. The third-order valence-electron chi connectivity index (χ3n) is 9.62. The standard InChI is InChI=1S/C31H39FN2O2/c32-27-13-7-12-24-15-17-36-21-31(29(24)27)20-33-19-26(31)30(35)34-16-14-25(22-8-3-1-4-9-22)18-28(34)23-10-5-2-6-11-23/h1,3-4,7-9,12-13,23,25-26,28,33H,2,5-6,10-11,14-21H2. The van der Waals surface area contributed by atoms with Crippen LogP contribution in [0.2, 0.25) is 0 Å². The molecule has 3 heterocycles. The van der Waals surface area contributed by atoms with E-state index in [2.05, 4.69) is 40.5 Å². The topological polar surface area (TPSA) is 41.6 Å². The Kier molecular flexibility index (Phi) is 6.87. The molecule has 1 N–H and O–H groups in total. The molecule has 3 aliphatic heterocycles. The van der Waals surface area contributed by atoms with E-state index in [1.807, 2.05) is 6.07 Å². The number of hydrogen-bond acceptors (Lipinski definition) is 3. The fraction of sp³-hybridized carbons (Fsp3) is 0.581. The zero-order valence-electron chi connectivity index (χ0n) is 21.3. The van der Waals surface area contributed by atoms with Crippen LogP contribution >= 0.6 is 0 Å². The first-order valence-corrected chi connectivity index (χ1v) is 14.1. The van der Waals surface area contributed by atoms with Gasteiger partial charge in [0.25, 0.3) is 0 Å². The summed E-state index contributed by atoms with van der Waals surface area (Å²) in [6.45, 7) is 2.94. The van der Waals surface area contributed by atoms with Crippen LogP contribution in [0, 0.1) is 17.7 Å². The maximum atomic E-state index is 15.4. The molecule has 2 aromatic rings. The zero-order valence-corrected chi connectivity index (χ0v) is 21.3. The first-order chi connectivity index (χ1) is 17.7. The fourth-order valence-corrected chi connectivity index (χ4v) is 7.80. The van der Waals surface area contributed by atoms with Crippen LogP contribution in [0.5, 0.6) is 0 Å². The molecule has 1 amide bonds. The molecule has 6 rings (SSSR count). The van der Waals surface area contributed by atoms with Crippen molar-refractivity contribution >= 4 is 5.91 Å². The number of nitrogens with zero attached hydrogens (tertiary/aromatic N) is 1. The molecule has 36 heavy (non-hydrogen) atoms. The van der Waals surface area contributed by atoms with Gasteiger partial charge in [-0.05, 0) is 61.1 Å². The monoisotopic (exact) mass is 490 g/mol. The lowest BCUT2D eigenvalue weighted by Gasteiger charge is -2.47. The van der Waals surface area contributed by atoms with E-state index in [0.717, 1.165) is 30.5 Å². The Morgan fingerprint density at radius 2 is 1.86 bits per heavy atom. The maximum absolute atomic E-state index is 15.4. The number of fused-ring (bicyclic) bond motifs is 2. The van der Waals surface area contributed by atoms with E-state index in [9.17, 15) is 4.79 Å². The smallest absolute Gasteiger partial charge is 0.228 e. The molecule has 5 heteroatoms. The first-order valence-electron chi connectivity index (χ1n) is 14.1. The Balaban J connectivity index is 1.33. The van der Waals surface area contributed by atoms with Crippen LogP contribution in [0.1, 0.15) is 67.6 Å². The second-order valence-corrected chi connectivity index (χ2v) is 11.5. The van der Waals surface area contributed by atoms with Gasteiger partial charge in [0.2, 0.25) is 5.91 Å². The zero-order chi connectivity index (χ0) is 24.5. The van der Waals surface area contributed by atoms with Crippen molar-refractivity contribution in [1.82, 2.24) is 10.2 Å². The minimum absolute atomic E-state index is 0.189. The van der Waals surface area contributed by atoms with Gasteiger partial charge in [-0.1, -0.05) is 61.7 Å². The Hall–Kier alpha value is -2.24. The van der Waals surface area contributed by atoms with Gasteiger partial charge >= 0.3 is 0 Å². The number of halogens is 1. The van der Waals surface area contributed by atoms with Crippen molar-refractivity contribution in [2.24, 2.45) is 11.8 Å². The third-order valence-corrected chi connectivity index (χ3v) is 9.62. The van der Waals surface area contributed by atoms with Crippen LogP contribution in [-0.2, 0) is 21.4 Å². The van der Waals surface area contributed by atoms with Gasteiger partial charge in [-0.3, -0.25) is 4.79 Å². The van der Waals surface area contributed by atoms with Gasteiger partial charge in [-0.15, -0.1) is 0 Å². The number of ether oxygens (including phenoxy) is 1. The maximum Gasteiger partial charge on any atom is 0.228 e. The highest BCUT2D eigenvalue weighted by molar-refractivity contribution is 5.82. The molecule has 2 saturated heterocycles. The molecule has 4 aliphatic rings. The highest BCUT2D eigenvalue weighted by Crippen LogP contribution is 2.45. The van der Waals surface area contributed by atoms with Gasteiger partial charge in [0, 0.05) is 36.7 Å². The van der Waals surface area contributed by atoms with Crippen molar-refractivity contribution in [2.45, 2.75) is 68.7 Å². The van der Waals surface area contributed by atoms with E-state index in [1.165, 1.54) is 37.7 Å². The lowest BCUT2D eigenvalue weighted by Crippen LogP contribution is -2.55. The minimum Gasteiger partial charge on any atom is -0.380 e. The molecule has 4 nitrogen and oxygen atoms in total. The first kappa shape index (κ1) is 24.1. The molecule has 0 radical (unpaired) electrons. The average Bonchev–Trinajstić information content (AvgIpc) is 3.25. The van der Waals surface area contributed by atoms with Gasteiger partial charge in [0.05, 0.1) is 19.1 Å². The average molecular weight is 491 g/mol. The van der Waals surface area contributed by atoms with Crippen molar-refractivity contribution in [3.05, 3.63) is 71.0 Å². The normalized spacial score (nSPS) is 31.2. The van der Waals surface area contributed by atoms with Crippen LogP contribution in [0.15, 0.2) is 48.5 Å².